The maximum Gasteiger partial charge on any atom is 0.329 e. The summed E-state index contributed by atoms with van der Waals surface area (Å²) in [5, 5.41) is 9.14. The summed E-state index contributed by atoms with van der Waals surface area (Å²) in [6.07, 6.45) is 3.14. The van der Waals surface area contributed by atoms with E-state index in [4.69, 9.17) is 4.74 Å². The van der Waals surface area contributed by atoms with Crippen molar-refractivity contribution >= 4 is 45.6 Å². The SMILES string of the molecule is Cc1cc(NC(=O)COc2ccccc2/C=N\NC(=O)C(=O)NC2CC2)ccc1Br. The predicted molar refractivity (Wildman–Crippen MR) is 116 cm³/mol. The van der Waals surface area contributed by atoms with Gasteiger partial charge in [0.15, 0.2) is 6.61 Å². The van der Waals surface area contributed by atoms with Gasteiger partial charge in [0.25, 0.3) is 5.91 Å². The lowest BCUT2D eigenvalue weighted by Gasteiger charge is -2.10. The van der Waals surface area contributed by atoms with Crippen molar-refractivity contribution in [2.45, 2.75) is 25.8 Å². The van der Waals surface area contributed by atoms with E-state index in [0.717, 1.165) is 22.9 Å². The molecule has 0 bridgehead atoms. The van der Waals surface area contributed by atoms with E-state index in [1.54, 1.807) is 30.3 Å². The Morgan fingerprint density at radius 2 is 1.93 bits per heavy atom. The summed E-state index contributed by atoms with van der Waals surface area (Å²) < 4.78 is 6.55. The number of rotatable bonds is 7. The number of carbonyl (C=O) groups excluding carboxylic acids is 3. The standard InChI is InChI=1S/C21H21BrN4O4/c1-13-10-16(8-9-17(13)22)24-19(27)12-30-18-5-3-2-4-14(18)11-23-26-21(29)20(28)25-15-6-7-15/h2-5,8-11,15H,6-7,12H2,1H3,(H,24,27)(H,25,28)(H,26,29)/b23-11-. The van der Waals surface area contributed by atoms with Crippen LogP contribution in [0, 0.1) is 6.92 Å². The molecule has 0 saturated heterocycles. The van der Waals surface area contributed by atoms with Crippen molar-refractivity contribution in [1.82, 2.24) is 10.7 Å². The molecule has 1 fully saturated rings. The van der Waals surface area contributed by atoms with Gasteiger partial charge in [0.1, 0.15) is 5.75 Å². The minimum atomic E-state index is -0.833. The van der Waals surface area contributed by atoms with Crippen molar-refractivity contribution in [3.05, 3.63) is 58.1 Å². The molecule has 2 aromatic carbocycles. The van der Waals surface area contributed by atoms with Crippen LogP contribution in [0.5, 0.6) is 5.75 Å². The van der Waals surface area contributed by atoms with E-state index >= 15 is 0 Å². The maximum absolute atomic E-state index is 12.2. The van der Waals surface area contributed by atoms with Gasteiger partial charge >= 0.3 is 11.8 Å². The normalized spacial score (nSPS) is 13.0. The lowest BCUT2D eigenvalue weighted by molar-refractivity contribution is -0.139. The Hall–Kier alpha value is -3.20. The quantitative estimate of drug-likeness (QED) is 0.326. The zero-order chi connectivity index (χ0) is 21.5. The minimum Gasteiger partial charge on any atom is -0.483 e. The summed E-state index contributed by atoms with van der Waals surface area (Å²) in [6, 6.07) is 12.5. The Labute approximate surface area is 182 Å². The molecule has 0 aliphatic heterocycles. The highest BCUT2D eigenvalue weighted by Gasteiger charge is 2.26. The number of carbonyl (C=O) groups is 3. The molecule has 1 aliphatic rings. The molecule has 156 valence electrons. The first-order valence-electron chi connectivity index (χ1n) is 9.34. The molecular formula is C21H21BrN4O4. The van der Waals surface area contributed by atoms with E-state index in [1.165, 1.54) is 6.21 Å². The number of anilines is 1. The third-order valence-electron chi connectivity index (χ3n) is 4.21. The number of para-hydroxylation sites is 1. The second kappa shape index (κ2) is 10.0. The third-order valence-corrected chi connectivity index (χ3v) is 5.10. The molecule has 3 rings (SSSR count). The van der Waals surface area contributed by atoms with Crippen LogP contribution in [0.3, 0.4) is 0 Å². The molecule has 0 heterocycles. The number of hydrazone groups is 1. The summed E-state index contributed by atoms with van der Waals surface area (Å²) in [5.74, 6) is -1.44. The number of halogens is 1. The number of aryl methyl sites for hydroxylation is 1. The van der Waals surface area contributed by atoms with Crippen LogP contribution < -0.4 is 20.8 Å². The number of hydrogen-bond acceptors (Lipinski definition) is 5. The van der Waals surface area contributed by atoms with Crippen LogP contribution in [0.1, 0.15) is 24.0 Å². The Balaban J connectivity index is 1.52. The molecule has 0 aromatic heterocycles. The van der Waals surface area contributed by atoms with Gasteiger partial charge in [0.2, 0.25) is 0 Å². The van der Waals surface area contributed by atoms with Crippen LogP contribution in [0.15, 0.2) is 52.0 Å². The summed E-state index contributed by atoms with van der Waals surface area (Å²) in [7, 11) is 0. The van der Waals surface area contributed by atoms with Crippen molar-refractivity contribution < 1.29 is 19.1 Å². The fourth-order valence-electron chi connectivity index (χ4n) is 2.47. The summed E-state index contributed by atoms with van der Waals surface area (Å²) in [6.45, 7) is 1.73. The number of nitrogens with one attached hydrogen (secondary N) is 3. The number of ether oxygens (including phenoxy) is 1. The summed E-state index contributed by atoms with van der Waals surface area (Å²) in [4.78, 5) is 35.5. The van der Waals surface area contributed by atoms with Gasteiger partial charge in [-0.3, -0.25) is 14.4 Å². The lowest BCUT2D eigenvalue weighted by Crippen LogP contribution is -2.38. The highest BCUT2D eigenvalue weighted by Crippen LogP contribution is 2.20. The van der Waals surface area contributed by atoms with E-state index in [1.807, 2.05) is 19.1 Å². The first kappa shape index (κ1) is 21.5. The molecule has 0 unspecified atom stereocenters. The molecule has 0 spiro atoms. The molecule has 8 nitrogen and oxygen atoms in total. The third kappa shape index (κ3) is 6.41. The van der Waals surface area contributed by atoms with Gasteiger partial charge < -0.3 is 15.4 Å². The Morgan fingerprint density at radius 3 is 2.67 bits per heavy atom. The van der Waals surface area contributed by atoms with E-state index < -0.39 is 11.8 Å². The molecule has 0 atom stereocenters. The highest BCUT2D eigenvalue weighted by atomic mass is 79.9. The molecule has 30 heavy (non-hydrogen) atoms. The van der Waals surface area contributed by atoms with E-state index in [9.17, 15) is 14.4 Å². The van der Waals surface area contributed by atoms with Crippen LogP contribution in [-0.2, 0) is 14.4 Å². The zero-order valence-electron chi connectivity index (χ0n) is 16.3. The Bertz CT molecular complexity index is 989. The lowest BCUT2D eigenvalue weighted by atomic mass is 10.2. The monoisotopic (exact) mass is 472 g/mol. The van der Waals surface area contributed by atoms with Crippen LogP contribution in [0.25, 0.3) is 0 Å². The molecule has 2 aromatic rings. The number of nitrogens with zero attached hydrogens (tertiary/aromatic N) is 1. The van der Waals surface area contributed by atoms with E-state index in [0.29, 0.717) is 17.0 Å². The molecule has 3 amide bonds. The van der Waals surface area contributed by atoms with Gasteiger partial charge in [-0.2, -0.15) is 5.10 Å². The predicted octanol–water partition coefficient (Wildman–Crippen LogP) is 2.50. The van der Waals surface area contributed by atoms with Gasteiger partial charge in [0, 0.05) is 21.8 Å². The maximum atomic E-state index is 12.2. The topological polar surface area (TPSA) is 109 Å². The van der Waals surface area contributed by atoms with Crippen molar-refractivity contribution in [3.8, 4) is 5.75 Å². The van der Waals surface area contributed by atoms with E-state index in [-0.39, 0.29) is 18.6 Å². The number of amides is 3. The van der Waals surface area contributed by atoms with Crippen molar-refractivity contribution in [1.29, 1.82) is 0 Å². The smallest absolute Gasteiger partial charge is 0.329 e. The van der Waals surface area contributed by atoms with E-state index in [2.05, 4.69) is 37.1 Å². The van der Waals surface area contributed by atoms with Crippen LogP contribution in [-0.4, -0.2) is 36.6 Å². The number of benzene rings is 2. The van der Waals surface area contributed by atoms with Crippen LogP contribution in [0.4, 0.5) is 5.69 Å². The summed E-state index contributed by atoms with van der Waals surface area (Å²) in [5.41, 5.74) is 4.40. The second-order valence-corrected chi connectivity index (χ2v) is 7.64. The molecule has 9 heteroatoms. The Kier molecular flexibility index (Phi) is 7.18. The van der Waals surface area contributed by atoms with Gasteiger partial charge in [-0.15, -0.1) is 0 Å². The fraction of sp³-hybridized carbons (Fsp3) is 0.238. The minimum absolute atomic E-state index is 0.0915. The van der Waals surface area contributed by atoms with Gasteiger partial charge in [-0.25, -0.2) is 5.43 Å². The Morgan fingerprint density at radius 1 is 1.17 bits per heavy atom. The largest absolute Gasteiger partial charge is 0.483 e. The molecule has 1 saturated carbocycles. The molecule has 0 radical (unpaired) electrons. The van der Waals surface area contributed by atoms with Gasteiger partial charge in [-0.1, -0.05) is 28.1 Å². The average Bonchev–Trinajstić information content (AvgIpc) is 3.54. The second-order valence-electron chi connectivity index (χ2n) is 6.79. The summed E-state index contributed by atoms with van der Waals surface area (Å²) >= 11 is 3.42. The van der Waals surface area contributed by atoms with Crippen molar-refractivity contribution in [2.75, 3.05) is 11.9 Å². The molecule has 3 N–H and O–H groups in total. The van der Waals surface area contributed by atoms with Crippen LogP contribution in [0.2, 0.25) is 0 Å². The van der Waals surface area contributed by atoms with Gasteiger partial charge in [0.05, 0.1) is 6.21 Å². The zero-order valence-corrected chi connectivity index (χ0v) is 17.9. The fourth-order valence-corrected chi connectivity index (χ4v) is 2.72. The van der Waals surface area contributed by atoms with Crippen molar-refractivity contribution in [2.24, 2.45) is 5.10 Å². The van der Waals surface area contributed by atoms with Gasteiger partial charge in [-0.05, 0) is 55.7 Å². The van der Waals surface area contributed by atoms with Crippen molar-refractivity contribution in [3.63, 3.8) is 0 Å². The molecule has 1 aliphatic carbocycles. The number of hydrogen-bond donors (Lipinski definition) is 3. The van der Waals surface area contributed by atoms with Crippen LogP contribution >= 0.6 is 15.9 Å². The average molecular weight is 473 g/mol. The first-order chi connectivity index (χ1) is 14.4. The highest BCUT2D eigenvalue weighted by molar-refractivity contribution is 9.10. The first-order valence-corrected chi connectivity index (χ1v) is 10.1. The molecular weight excluding hydrogens is 452 g/mol.